The average Bonchev–Trinajstić information content (AvgIpc) is 3.22. The summed E-state index contributed by atoms with van der Waals surface area (Å²) in [6.07, 6.45) is 7.36. The molecule has 31 heavy (non-hydrogen) atoms. The number of anilines is 2. The molecule has 5 rings (SSSR count). The van der Waals surface area contributed by atoms with Crippen LogP contribution < -0.4 is 10.2 Å². The maximum absolute atomic E-state index is 13.0. The Kier molecular flexibility index (Phi) is 5.12. The minimum absolute atomic E-state index is 0.228. The van der Waals surface area contributed by atoms with Gasteiger partial charge in [0.05, 0.1) is 11.4 Å². The van der Waals surface area contributed by atoms with Crippen molar-refractivity contribution in [3.05, 3.63) is 78.4 Å². The van der Waals surface area contributed by atoms with E-state index in [0.717, 1.165) is 40.9 Å². The molecule has 6 heteroatoms. The van der Waals surface area contributed by atoms with E-state index in [2.05, 4.69) is 26.4 Å². The largest absolute Gasteiger partial charge is 0.371 e. The fraction of sp³-hybridized carbons (Fsp3) is 0.240. The van der Waals surface area contributed by atoms with E-state index < -0.39 is 0 Å². The summed E-state index contributed by atoms with van der Waals surface area (Å²) in [6, 6.07) is 17.7. The summed E-state index contributed by atoms with van der Waals surface area (Å²) in [5.74, 6) is -0.228. The van der Waals surface area contributed by atoms with Gasteiger partial charge in [-0.1, -0.05) is 18.2 Å². The predicted molar refractivity (Wildman–Crippen MR) is 124 cm³/mol. The molecule has 0 bridgehead atoms. The number of hydrogen-bond acceptors (Lipinski definition) is 4. The quantitative estimate of drug-likeness (QED) is 0.515. The Morgan fingerprint density at radius 2 is 1.77 bits per heavy atom. The lowest BCUT2D eigenvalue weighted by atomic mass is 10.0. The van der Waals surface area contributed by atoms with Crippen molar-refractivity contribution in [3.63, 3.8) is 0 Å². The standard InChI is InChI=1S/C25H25N5O/c1-18-16-23(28-30(18)19-8-4-2-5-9-19)25(31)27-22-10-11-24(29-14-6-3-7-15-29)20-12-13-26-17-21(20)22/h2,4-5,8-13,16-17H,3,6-7,14-15H2,1H3,(H,27,31). The predicted octanol–water partition coefficient (Wildman–Crippen LogP) is 4.97. The van der Waals surface area contributed by atoms with Gasteiger partial charge in [0.2, 0.25) is 0 Å². The summed E-state index contributed by atoms with van der Waals surface area (Å²) in [6.45, 7) is 4.09. The topological polar surface area (TPSA) is 63.1 Å². The summed E-state index contributed by atoms with van der Waals surface area (Å²) in [4.78, 5) is 19.8. The number of nitrogens with one attached hydrogen (secondary N) is 1. The number of nitrogens with zero attached hydrogens (tertiary/aromatic N) is 4. The van der Waals surface area contributed by atoms with E-state index in [1.165, 1.54) is 24.9 Å². The Morgan fingerprint density at radius 3 is 2.58 bits per heavy atom. The Balaban J connectivity index is 1.45. The van der Waals surface area contributed by atoms with Gasteiger partial charge in [-0.25, -0.2) is 4.68 Å². The van der Waals surface area contributed by atoms with Crippen molar-refractivity contribution >= 4 is 28.1 Å². The van der Waals surface area contributed by atoms with E-state index in [1.54, 1.807) is 4.68 Å². The summed E-state index contributed by atoms with van der Waals surface area (Å²) in [7, 11) is 0. The van der Waals surface area contributed by atoms with E-state index in [9.17, 15) is 4.79 Å². The van der Waals surface area contributed by atoms with E-state index >= 15 is 0 Å². The summed E-state index contributed by atoms with van der Waals surface area (Å²) in [5.41, 5.74) is 4.18. The van der Waals surface area contributed by atoms with Crippen LogP contribution in [-0.2, 0) is 0 Å². The number of rotatable bonds is 4. The second-order valence-corrected chi connectivity index (χ2v) is 7.97. The fourth-order valence-corrected chi connectivity index (χ4v) is 4.30. The van der Waals surface area contributed by atoms with Crippen LogP contribution in [0.15, 0.2) is 67.0 Å². The lowest BCUT2D eigenvalue weighted by Gasteiger charge is -2.30. The first-order valence-electron chi connectivity index (χ1n) is 10.8. The molecule has 6 nitrogen and oxygen atoms in total. The van der Waals surface area contributed by atoms with Crippen molar-refractivity contribution in [1.82, 2.24) is 14.8 Å². The van der Waals surface area contributed by atoms with E-state index in [0.29, 0.717) is 5.69 Å². The molecule has 0 aliphatic carbocycles. The Hall–Kier alpha value is -3.67. The molecule has 2 aromatic heterocycles. The molecule has 4 aromatic rings. The monoisotopic (exact) mass is 411 g/mol. The highest BCUT2D eigenvalue weighted by Gasteiger charge is 2.18. The molecule has 1 N–H and O–H groups in total. The van der Waals surface area contributed by atoms with E-state index in [4.69, 9.17) is 0 Å². The Labute approximate surface area is 181 Å². The van der Waals surface area contributed by atoms with Crippen molar-refractivity contribution in [2.45, 2.75) is 26.2 Å². The number of benzene rings is 2. The van der Waals surface area contributed by atoms with Crippen molar-refractivity contribution in [3.8, 4) is 5.69 Å². The van der Waals surface area contributed by atoms with Crippen molar-refractivity contribution < 1.29 is 4.79 Å². The minimum atomic E-state index is -0.228. The van der Waals surface area contributed by atoms with Crippen molar-refractivity contribution in [2.75, 3.05) is 23.3 Å². The van der Waals surface area contributed by atoms with Crippen molar-refractivity contribution in [1.29, 1.82) is 0 Å². The summed E-state index contributed by atoms with van der Waals surface area (Å²) in [5, 5.41) is 9.63. The van der Waals surface area contributed by atoms with Crippen LogP contribution >= 0.6 is 0 Å². The molecule has 3 heterocycles. The third kappa shape index (κ3) is 3.77. The third-order valence-corrected chi connectivity index (χ3v) is 5.86. The molecule has 0 unspecified atom stereocenters. The molecule has 1 amide bonds. The normalized spacial score (nSPS) is 14.0. The van der Waals surface area contributed by atoms with Gasteiger partial charge in [0.15, 0.2) is 5.69 Å². The number of hydrogen-bond donors (Lipinski definition) is 1. The first-order chi connectivity index (χ1) is 15.2. The maximum Gasteiger partial charge on any atom is 0.276 e. The van der Waals surface area contributed by atoms with Crippen LogP contribution in [0.4, 0.5) is 11.4 Å². The first-order valence-corrected chi connectivity index (χ1v) is 10.8. The second-order valence-electron chi connectivity index (χ2n) is 7.97. The molecule has 156 valence electrons. The Morgan fingerprint density at radius 1 is 0.968 bits per heavy atom. The number of para-hydroxylation sites is 1. The zero-order chi connectivity index (χ0) is 21.2. The highest BCUT2D eigenvalue weighted by Crippen LogP contribution is 2.33. The highest BCUT2D eigenvalue weighted by atomic mass is 16.2. The number of carbonyl (C=O) groups is 1. The van der Waals surface area contributed by atoms with Gasteiger partial charge < -0.3 is 10.2 Å². The fourth-order valence-electron chi connectivity index (χ4n) is 4.30. The van der Waals surface area contributed by atoms with Crippen LogP contribution in [-0.4, -0.2) is 33.8 Å². The number of amides is 1. The number of pyridine rings is 1. The van der Waals surface area contributed by atoms with Gasteiger partial charge in [0.25, 0.3) is 5.91 Å². The average molecular weight is 412 g/mol. The van der Waals surface area contributed by atoms with Gasteiger partial charge in [-0.15, -0.1) is 0 Å². The SMILES string of the molecule is Cc1cc(C(=O)Nc2ccc(N3CCCCC3)c3ccncc23)nn1-c1ccccc1. The van der Waals surface area contributed by atoms with E-state index in [1.807, 2.05) is 67.8 Å². The minimum Gasteiger partial charge on any atom is -0.371 e. The lowest BCUT2D eigenvalue weighted by Crippen LogP contribution is -2.29. The van der Waals surface area contributed by atoms with E-state index in [-0.39, 0.29) is 5.91 Å². The van der Waals surface area contributed by atoms with Gasteiger partial charge in [-0.2, -0.15) is 5.10 Å². The van der Waals surface area contributed by atoms with Gasteiger partial charge in [0, 0.05) is 47.6 Å². The number of aryl methyl sites for hydroxylation is 1. The molecule has 1 fully saturated rings. The molecule has 1 saturated heterocycles. The van der Waals surface area contributed by atoms with Gasteiger partial charge in [-0.3, -0.25) is 9.78 Å². The van der Waals surface area contributed by atoms with Crippen LogP contribution in [0.1, 0.15) is 35.4 Å². The summed E-state index contributed by atoms with van der Waals surface area (Å²) < 4.78 is 1.79. The first kappa shape index (κ1) is 19.3. The lowest BCUT2D eigenvalue weighted by molar-refractivity contribution is 0.102. The molecular weight excluding hydrogens is 386 g/mol. The number of piperidine rings is 1. The molecule has 0 spiro atoms. The van der Waals surface area contributed by atoms with Gasteiger partial charge in [-0.05, 0) is 62.6 Å². The molecule has 0 atom stereocenters. The zero-order valence-corrected chi connectivity index (χ0v) is 17.6. The highest BCUT2D eigenvalue weighted by molar-refractivity contribution is 6.10. The van der Waals surface area contributed by atoms with Crippen LogP contribution in [0.3, 0.4) is 0 Å². The van der Waals surface area contributed by atoms with Gasteiger partial charge >= 0.3 is 0 Å². The van der Waals surface area contributed by atoms with Crippen LogP contribution in [0, 0.1) is 6.92 Å². The molecule has 0 radical (unpaired) electrons. The molecular formula is C25H25N5O. The van der Waals surface area contributed by atoms with Crippen LogP contribution in [0.25, 0.3) is 16.5 Å². The third-order valence-electron chi connectivity index (χ3n) is 5.86. The van der Waals surface area contributed by atoms with Gasteiger partial charge in [0.1, 0.15) is 0 Å². The molecule has 1 aliphatic rings. The molecule has 1 aliphatic heterocycles. The number of fused-ring (bicyclic) bond motifs is 1. The summed E-state index contributed by atoms with van der Waals surface area (Å²) >= 11 is 0. The number of aromatic nitrogens is 3. The molecule has 2 aromatic carbocycles. The maximum atomic E-state index is 13.0. The van der Waals surface area contributed by atoms with Crippen LogP contribution in [0.5, 0.6) is 0 Å². The second kappa shape index (κ2) is 8.22. The Bertz CT molecular complexity index is 1230. The van der Waals surface area contributed by atoms with Crippen molar-refractivity contribution in [2.24, 2.45) is 0 Å². The smallest absolute Gasteiger partial charge is 0.276 e. The molecule has 0 saturated carbocycles. The zero-order valence-electron chi connectivity index (χ0n) is 17.6. The van der Waals surface area contributed by atoms with Crippen LogP contribution in [0.2, 0.25) is 0 Å². The number of carbonyl (C=O) groups excluding carboxylic acids is 1.